The Morgan fingerprint density at radius 3 is 2.64 bits per heavy atom. The highest BCUT2D eigenvalue weighted by molar-refractivity contribution is 5.96. The van der Waals surface area contributed by atoms with Gasteiger partial charge in [-0.25, -0.2) is 4.98 Å². The van der Waals surface area contributed by atoms with Gasteiger partial charge in [-0.2, -0.15) is 0 Å². The predicted octanol–water partition coefficient (Wildman–Crippen LogP) is 4.44. The molecule has 1 amide bonds. The zero-order valence-corrected chi connectivity index (χ0v) is 15.8. The summed E-state index contributed by atoms with van der Waals surface area (Å²) in [5, 5.41) is 2.84. The van der Waals surface area contributed by atoms with E-state index in [2.05, 4.69) is 15.3 Å². The number of hydrogen-bond donors (Lipinski definition) is 2. The number of carbonyl (C=O) groups is 2. The van der Waals surface area contributed by atoms with Gasteiger partial charge in [0.2, 0.25) is 0 Å². The molecule has 0 aliphatic heterocycles. The first-order valence-corrected chi connectivity index (χ1v) is 9.68. The summed E-state index contributed by atoms with van der Waals surface area (Å²) >= 11 is 0. The fourth-order valence-corrected chi connectivity index (χ4v) is 3.27. The fourth-order valence-electron chi connectivity index (χ4n) is 3.27. The number of amides is 1. The molecule has 0 radical (unpaired) electrons. The van der Waals surface area contributed by atoms with E-state index in [0.717, 1.165) is 16.9 Å². The molecule has 1 saturated carbocycles. The largest absolute Gasteiger partial charge is 0.484 e. The maximum Gasteiger partial charge on any atom is 0.262 e. The normalized spacial score (nSPS) is 13.9. The first-order valence-electron chi connectivity index (χ1n) is 9.68. The maximum atomic E-state index is 12.2. The van der Waals surface area contributed by atoms with E-state index in [4.69, 9.17) is 4.74 Å². The highest BCUT2D eigenvalue weighted by Crippen LogP contribution is 2.35. The minimum absolute atomic E-state index is 0.0824. The smallest absolute Gasteiger partial charge is 0.262 e. The van der Waals surface area contributed by atoms with Crippen LogP contribution in [0.3, 0.4) is 0 Å². The average molecular weight is 377 g/mol. The lowest BCUT2D eigenvalue weighted by Gasteiger charge is -2.22. The van der Waals surface area contributed by atoms with Crippen LogP contribution in [0.25, 0.3) is 11.0 Å². The van der Waals surface area contributed by atoms with Crippen LogP contribution in [0.15, 0.2) is 42.5 Å². The van der Waals surface area contributed by atoms with E-state index >= 15 is 0 Å². The standard InChI is InChI=1S/C22H23N3O3/c1-2-20(26)14-6-9-17(10-7-14)28-13-21(27)23-16-8-11-18-19(12-16)25-22(24-18)15-4-3-5-15/h6-12,15H,2-5,13H2,1H3,(H,23,27)(H,24,25). The van der Waals surface area contributed by atoms with Crippen LogP contribution < -0.4 is 10.1 Å². The lowest BCUT2D eigenvalue weighted by Crippen LogP contribution is -2.20. The van der Waals surface area contributed by atoms with Crippen molar-refractivity contribution < 1.29 is 14.3 Å². The van der Waals surface area contributed by atoms with Gasteiger partial charge in [-0.1, -0.05) is 13.3 Å². The number of benzene rings is 2. The summed E-state index contributed by atoms with van der Waals surface area (Å²) in [6.07, 6.45) is 4.11. The number of nitrogens with one attached hydrogen (secondary N) is 2. The molecule has 0 spiro atoms. The quantitative estimate of drug-likeness (QED) is 0.596. The number of rotatable bonds is 7. The Morgan fingerprint density at radius 2 is 1.96 bits per heavy atom. The van der Waals surface area contributed by atoms with E-state index in [1.54, 1.807) is 24.3 Å². The molecule has 2 aromatic carbocycles. The van der Waals surface area contributed by atoms with Crippen molar-refractivity contribution in [3.05, 3.63) is 53.9 Å². The van der Waals surface area contributed by atoms with Crippen molar-refractivity contribution in [1.82, 2.24) is 9.97 Å². The summed E-state index contributed by atoms with van der Waals surface area (Å²) in [5.41, 5.74) is 3.19. The van der Waals surface area contributed by atoms with E-state index in [9.17, 15) is 9.59 Å². The van der Waals surface area contributed by atoms with Crippen LogP contribution >= 0.6 is 0 Å². The monoisotopic (exact) mass is 377 g/mol. The van der Waals surface area contributed by atoms with E-state index in [1.165, 1.54) is 19.3 Å². The second-order valence-electron chi connectivity index (χ2n) is 7.12. The van der Waals surface area contributed by atoms with Gasteiger partial charge in [0.1, 0.15) is 11.6 Å². The Morgan fingerprint density at radius 1 is 1.18 bits per heavy atom. The Labute approximate surface area is 163 Å². The molecule has 6 heteroatoms. The van der Waals surface area contributed by atoms with Crippen molar-refractivity contribution in [2.45, 2.75) is 38.5 Å². The lowest BCUT2D eigenvalue weighted by atomic mass is 9.85. The van der Waals surface area contributed by atoms with Crippen molar-refractivity contribution >= 4 is 28.4 Å². The minimum atomic E-state index is -0.244. The van der Waals surface area contributed by atoms with Crippen molar-refractivity contribution in [2.24, 2.45) is 0 Å². The molecule has 0 bridgehead atoms. The molecule has 1 aliphatic rings. The molecule has 6 nitrogen and oxygen atoms in total. The van der Waals surface area contributed by atoms with E-state index in [0.29, 0.717) is 29.3 Å². The maximum absolute atomic E-state index is 12.2. The van der Waals surface area contributed by atoms with Crippen LogP contribution in [0.5, 0.6) is 5.75 Å². The number of ether oxygens (including phenoxy) is 1. The van der Waals surface area contributed by atoms with Crippen molar-refractivity contribution in [3.63, 3.8) is 0 Å². The number of nitrogens with zero attached hydrogens (tertiary/aromatic N) is 1. The lowest BCUT2D eigenvalue weighted by molar-refractivity contribution is -0.118. The fraction of sp³-hybridized carbons (Fsp3) is 0.318. The third-order valence-electron chi connectivity index (χ3n) is 5.14. The summed E-state index contributed by atoms with van der Waals surface area (Å²) in [5.74, 6) is 1.97. The van der Waals surface area contributed by atoms with Crippen LogP contribution in [0.1, 0.15) is 54.7 Å². The second-order valence-corrected chi connectivity index (χ2v) is 7.12. The Kier molecular flexibility index (Phi) is 5.10. The van der Waals surface area contributed by atoms with E-state index < -0.39 is 0 Å². The molecular weight excluding hydrogens is 354 g/mol. The molecular formula is C22H23N3O3. The van der Waals surface area contributed by atoms with Gasteiger partial charge in [-0.15, -0.1) is 0 Å². The number of anilines is 1. The zero-order chi connectivity index (χ0) is 19.5. The third kappa shape index (κ3) is 3.91. The number of aromatic nitrogens is 2. The molecule has 1 fully saturated rings. The van der Waals surface area contributed by atoms with Crippen molar-refractivity contribution in [1.29, 1.82) is 0 Å². The third-order valence-corrected chi connectivity index (χ3v) is 5.14. The van der Waals surface area contributed by atoms with Crippen LogP contribution in [0, 0.1) is 0 Å². The molecule has 0 saturated heterocycles. The highest BCUT2D eigenvalue weighted by atomic mass is 16.5. The SMILES string of the molecule is CCC(=O)c1ccc(OCC(=O)Nc2ccc3nc(C4CCC4)[nH]c3c2)cc1. The molecule has 4 rings (SSSR count). The van der Waals surface area contributed by atoms with Gasteiger partial charge >= 0.3 is 0 Å². The number of H-pyrrole nitrogens is 1. The van der Waals surface area contributed by atoms with Gasteiger partial charge in [0, 0.05) is 23.6 Å². The van der Waals surface area contributed by atoms with Crippen LogP contribution in [-0.2, 0) is 4.79 Å². The first-order chi connectivity index (χ1) is 13.6. The number of imidazole rings is 1. The molecule has 3 aromatic rings. The van der Waals surface area contributed by atoms with Gasteiger partial charge in [-0.3, -0.25) is 9.59 Å². The van der Waals surface area contributed by atoms with Crippen LogP contribution in [0.4, 0.5) is 5.69 Å². The second kappa shape index (κ2) is 7.84. The summed E-state index contributed by atoms with van der Waals surface area (Å²) in [4.78, 5) is 31.8. The summed E-state index contributed by atoms with van der Waals surface area (Å²) in [6, 6.07) is 12.5. The molecule has 1 heterocycles. The Bertz CT molecular complexity index is 1000. The van der Waals surface area contributed by atoms with Gasteiger partial charge in [-0.05, 0) is 55.3 Å². The van der Waals surface area contributed by atoms with Gasteiger partial charge in [0.05, 0.1) is 11.0 Å². The number of aromatic amines is 1. The van der Waals surface area contributed by atoms with Crippen LogP contribution in [-0.4, -0.2) is 28.3 Å². The predicted molar refractivity (Wildman–Crippen MR) is 108 cm³/mol. The molecule has 0 unspecified atom stereocenters. The first kappa shape index (κ1) is 18.2. The molecule has 1 aliphatic carbocycles. The number of fused-ring (bicyclic) bond motifs is 1. The number of hydrogen-bond acceptors (Lipinski definition) is 4. The summed E-state index contributed by atoms with van der Waals surface area (Å²) < 4.78 is 5.51. The molecule has 2 N–H and O–H groups in total. The molecule has 1 aromatic heterocycles. The van der Waals surface area contributed by atoms with Crippen molar-refractivity contribution in [2.75, 3.05) is 11.9 Å². The summed E-state index contributed by atoms with van der Waals surface area (Å²) in [6.45, 7) is 1.72. The van der Waals surface area contributed by atoms with Crippen LogP contribution in [0.2, 0.25) is 0 Å². The molecule has 28 heavy (non-hydrogen) atoms. The molecule has 0 atom stereocenters. The Hall–Kier alpha value is -3.15. The number of ketones is 1. The van der Waals surface area contributed by atoms with Crippen molar-refractivity contribution in [3.8, 4) is 5.75 Å². The minimum Gasteiger partial charge on any atom is -0.484 e. The van der Waals surface area contributed by atoms with E-state index in [-0.39, 0.29) is 18.3 Å². The number of Topliss-reactive ketones (excluding diaryl/α,β-unsaturated/α-hetero) is 1. The molecule has 144 valence electrons. The van der Waals surface area contributed by atoms with Gasteiger partial charge in [0.15, 0.2) is 12.4 Å². The average Bonchev–Trinajstić information content (AvgIpc) is 3.07. The number of carbonyl (C=O) groups excluding carboxylic acids is 2. The highest BCUT2D eigenvalue weighted by Gasteiger charge is 2.22. The Balaban J connectivity index is 1.34. The zero-order valence-electron chi connectivity index (χ0n) is 15.8. The van der Waals surface area contributed by atoms with Gasteiger partial charge in [0.25, 0.3) is 5.91 Å². The topological polar surface area (TPSA) is 84.1 Å². The van der Waals surface area contributed by atoms with Gasteiger partial charge < -0.3 is 15.0 Å². The van der Waals surface area contributed by atoms with E-state index in [1.807, 2.05) is 25.1 Å². The summed E-state index contributed by atoms with van der Waals surface area (Å²) in [7, 11) is 0.